The lowest BCUT2D eigenvalue weighted by molar-refractivity contribution is -0.885. The number of nitrogens with one attached hydrogen (secondary N) is 1. The molecule has 0 bridgehead atoms. The van der Waals surface area contributed by atoms with E-state index in [0.717, 1.165) is 26.2 Å². The molecule has 7 N–H and O–H groups in total. The third kappa shape index (κ3) is 8.86. The molecule has 0 radical (unpaired) electrons. The van der Waals surface area contributed by atoms with E-state index in [1.165, 1.54) is 51.6 Å². The first-order valence-corrected chi connectivity index (χ1v) is 8.71. The smallest absolute Gasteiger partial charge is 0.243 e. The number of aromatic nitrogens is 2. The van der Waals surface area contributed by atoms with Crippen LogP contribution in [-0.2, 0) is 13.1 Å². The second kappa shape index (κ2) is 11.7. The van der Waals surface area contributed by atoms with Gasteiger partial charge in [0.2, 0.25) is 6.33 Å². The molecule has 0 amide bonds. The summed E-state index contributed by atoms with van der Waals surface area (Å²) in [7, 11) is 2.28. The summed E-state index contributed by atoms with van der Waals surface area (Å²) in [5.74, 6) is 0. The van der Waals surface area contributed by atoms with Crippen LogP contribution in [0.2, 0.25) is 0 Å². The van der Waals surface area contributed by atoms with Gasteiger partial charge in [0.1, 0.15) is 25.5 Å². The Bertz CT molecular complexity index is 350. The molecule has 1 unspecified atom stereocenters. The molecule has 0 aliphatic heterocycles. The molecule has 1 aromatic rings. The molecule has 5 nitrogen and oxygen atoms in total. The fraction of sp³-hybridized carbons (Fsp3) is 0.812. The zero-order valence-corrected chi connectivity index (χ0v) is 14.0. The molecule has 122 valence electrons. The lowest BCUT2D eigenvalue weighted by Crippen LogP contribution is -3.10. The van der Waals surface area contributed by atoms with Crippen LogP contribution in [0.4, 0.5) is 0 Å². The van der Waals surface area contributed by atoms with Crippen molar-refractivity contribution in [1.29, 1.82) is 0 Å². The quantitative estimate of drug-likeness (QED) is 0.282. The summed E-state index contributed by atoms with van der Waals surface area (Å²) in [5, 5.41) is 0. The molecule has 1 heterocycles. The molecule has 5 heteroatoms. The van der Waals surface area contributed by atoms with E-state index in [4.69, 9.17) is 0 Å². The Morgan fingerprint density at radius 1 is 0.952 bits per heavy atom. The summed E-state index contributed by atoms with van der Waals surface area (Å²) in [6.45, 7) is 6.84. The third-order valence-corrected chi connectivity index (χ3v) is 4.04. The van der Waals surface area contributed by atoms with Crippen molar-refractivity contribution in [2.75, 3.05) is 33.2 Å². The van der Waals surface area contributed by atoms with Crippen molar-refractivity contribution in [3.8, 4) is 0 Å². The lowest BCUT2D eigenvalue weighted by Gasteiger charge is -2.11. The maximum absolute atomic E-state index is 3.91. The number of nitrogens with zero attached hydrogens (tertiary/aromatic N) is 2. The average Bonchev–Trinajstić information content (AvgIpc) is 2.92. The Labute approximate surface area is 129 Å². The van der Waals surface area contributed by atoms with E-state index in [1.807, 2.05) is 0 Å². The van der Waals surface area contributed by atoms with Crippen LogP contribution in [0, 0.1) is 0 Å². The Balaban J connectivity index is 1.97. The van der Waals surface area contributed by atoms with Gasteiger partial charge in [0.05, 0.1) is 33.2 Å². The standard InChI is InChI=1S/C16H34N5/c1-19(13-9-18)10-5-3-2-4-6-11-20-14-15-21(16-20)12-7-8-17/h14-16H,2-13,17-18H2,1H3/q+1/p+3. The van der Waals surface area contributed by atoms with Gasteiger partial charge < -0.3 is 16.4 Å². The first-order chi connectivity index (χ1) is 10.3. The van der Waals surface area contributed by atoms with E-state index in [9.17, 15) is 0 Å². The summed E-state index contributed by atoms with van der Waals surface area (Å²) >= 11 is 0. The molecular weight excluding hydrogens is 262 g/mol. The maximum atomic E-state index is 3.91. The molecule has 0 aromatic carbocycles. The van der Waals surface area contributed by atoms with Gasteiger partial charge in [-0.15, -0.1) is 0 Å². The summed E-state index contributed by atoms with van der Waals surface area (Å²) < 4.78 is 4.58. The molecular formula is C16H37N5+4. The van der Waals surface area contributed by atoms with E-state index in [2.05, 4.69) is 46.4 Å². The van der Waals surface area contributed by atoms with Gasteiger partial charge in [-0.2, -0.15) is 0 Å². The summed E-state index contributed by atoms with van der Waals surface area (Å²) in [6, 6.07) is 0. The van der Waals surface area contributed by atoms with Crippen molar-refractivity contribution in [2.24, 2.45) is 0 Å². The topological polar surface area (TPSA) is 68.5 Å². The summed E-state index contributed by atoms with van der Waals surface area (Å²) in [6.07, 6.45) is 14.5. The van der Waals surface area contributed by atoms with E-state index < -0.39 is 0 Å². The monoisotopic (exact) mass is 299 g/mol. The molecule has 0 spiro atoms. The van der Waals surface area contributed by atoms with Gasteiger partial charge in [-0.3, -0.25) is 0 Å². The molecule has 0 aliphatic carbocycles. The Hall–Kier alpha value is -0.910. The van der Waals surface area contributed by atoms with E-state index >= 15 is 0 Å². The highest BCUT2D eigenvalue weighted by Gasteiger charge is 2.04. The minimum Gasteiger partial charge on any atom is -0.357 e. The second-order valence-corrected chi connectivity index (χ2v) is 6.17. The zero-order valence-electron chi connectivity index (χ0n) is 14.0. The van der Waals surface area contributed by atoms with Crippen molar-refractivity contribution in [3.63, 3.8) is 0 Å². The van der Waals surface area contributed by atoms with Crippen LogP contribution in [0.5, 0.6) is 0 Å². The van der Waals surface area contributed by atoms with Crippen molar-refractivity contribution in [1.82, 2.24) is 4.57 Å². The summed E-state index contributed by atoms with van der Waals surface area (Å²) in [5.41, 5.74) is 7.80. The van der Waals surface area contributed by atoms with Crippen LogP contribution in [0.15, 0.2) is 18.7 Å². The number of hydrogen-bond donors (Lipinski definition) is 3. The fourth-order valence-corrected chi connectivity index (χ4v) is 2.68. The molecule has 0 saturated carbocycles. The maximum Gasteiger partial charge on any atom is 0.243 e. The number of unbranched alkanes of at least 4 members (excludes halogenated alkanes) is 4. The van der Waals surface area contributed by atoms with Crippen LogP contribution in [0.25, 0.3) is 0 Å². The SMILES string of the molecule is C[NH+](CC[NH3+])CCCCCCCn1cc[n+](CCC[NH3+])c1. The first-order valence-electron chi connectivity index (χ1n) is 8.71. The lowest BCUT2D eigenvalue weighted by atomic mass is 10.1. The van der Waals surface area contributed by atoms with Crippen molar-refractivity contribution in [3.05, 3.63) is 18.7 Å². The molecule has 0 aliphatic rings. The van der Waals surface area contributed by atoms with Crippen LogP contribution < -0.4 is 20.9 Å². The number of aryl methyl sites for hydroxylation is 2. The van der Waals surface area contributed by atoms with E-state index in [-0.39, 0.29) is 0 Å². The predicted molar refractivity (Wildman–Crippen MR) is 84.5 cm³/mol. The van der Waals surface area contributed by atoms with Crippen molar-refractivity contribution < 1.29 is 20.9 Å². The van der Waals surface area contributed by atoms with Gasteiger partial charge in [-0.25, -0.2) is 9.13 Å². The van der Waals surface area contributed by atoms with Crippen LogP contribution in [0.3, 0.4) is 0 Å². The normalized spacial score (nSPS) is 12.7. The Morgan fingerprint density at radius 3 is 2.48 bits per heavy atom. The second-order valence-electron chi connectivity index (χ2n) is 6.17. The molecule has 0 saturated heterocycles. The van der Waals surface area contributed by atoms with Crippen LogP contribution in [0.1, 0.15) is 38.5 Å². The highest BCUT2D eigenvalue weighted by atomic mass is 15.1. The van der Waals surface area contributed by atoms with E-state index in [1.54, 1.807) is 4.90 Å². The van der Waals surface area contributed by atoms with Crippen LogP contribution >= 0.6 is 0 Å². The number of likely N-dealkylation sites (N-methyl/N-ethyl adjacent to an activating group) is 1. The summed E-state index contributed by atoms with van der Waals surface area (Å²) in [4.78, 5) is 1.63. The predicted octanol–water partition coefficient (Wildman–Crippen LogP) is -1.89. The molecule has 0 fully saturated rings. The van der Waals surface area contributed by atoms with Gasteiger partial charge in [0.25, 0.3) is 0 Å². The fourth-order valence-electron chi connectivity index (χ4n) is 2.68. The largest absolute Gasteiger partial charge is 0.357 e. The van der Waals surface area contributed by atoms with E-state index in [0.29, 0.717) is 0 Å². The number of hydrogen-bond acceptors (Lipinski definition) is 0. The number of imidazole rings is 1. The number of rotatable bonds is 13. The van der Waals surface area contributed by atoms with Gasteiger partial charge >= 0.3 is 0 Å². The van der Waals surface area contributed by atoms with Crippen molar-refractivity contribution >= 4 is 0 Å². The Kier molecular flexibility index (Phi) is 10.1. The highest BCUT2D eigenvalue weighted by Crippen LogP contribution is 2.03. The minimum atomic E-state index is 1.02. The number of quaternary nitrogens is 3. The molecule has 1 aromatic heterocycles. The zero-order chi connectivity index (χ0) is 15.3. The van der Waals surface area contributed by atoms with Gasteiger partial charge in [0, 0.05) is 6.42 Å². The van der Waals surface area contributed by atoms with Gasteiger partial charge in [-0.1, -0.05) is 6.42 Å². The average molecular weight is 300 g/mol. The van der Waals surface area contributed by atoms with Gasteiger partial charge in [0.15, 0.2) is 0 Å². The minimum absolute atomic E-state index is 1.02. The highest BCUT2D eigenvalue weighted by molar-refractivity contribution is 4.66. The molecule has 1 atom stereocenters. The molecule has 21 heavy (non-hydrogen) atoms. The van der Waals surface area contributed by atoms with Crippen molar-refractivity contribution in [2.45, 2.75) is 51.6 Å². The third-order valence-electron chi connectivity index (χ3n) is 4.04. The molecule has 1 rings (SSSR count). The first kappa shape index (κ1) is 18.1. The Morgan fingerprint density at radius 2 is 1.71 bits per heavy atom. The van der Waals surface area contributed by atoms with Gasteiger partial charge in [-0.05, 0) is 25.7 Å². The van der Waals surface area contributed by atoms with Crippen LogP contribution in [-0.4, -0.2) is 37.8 Å².